The molecule has 0 amide bonds. The number of hydrogen-bond donors (Lipinski definition) is 1. The normalized spacial score (nSPS) is 21.3. The van der Waals surface area contributed by atoms with Crippen molar-refractivity contribution < 1.29 is 8.42 Å². The molecule has 7 heteroatoms. The van der Waals surface area contributed by atoms with Crippen LogP contribution in [0.2, 0.25) is 0 Å². The third-order valence-electron chi connectivity index (χ3n) is 2.78. The first kappa shape index (κ1) is 15.9. The molecule has 18 heavy (non-hydrogen) atoms. The fourth-order valence-electron chi connectivity index (χ4n) is 1.87. The summed E-state index contributed by atoms with van der Waals surface area (Å²) in [4.78, 5) is 0.356. The van der Waals surface area contributed by atoms with E-state index in [2.05, 4.69) is 21.2 Å². The average Bonchev–Trinajstić information content (AvgIpc) is 2.29. The monoisotopic (exact) mass is 354 g/mol. The highest BCUT2D eigenvalue weighted by Gasteiger charge is 2.28. The van der Waals surface area contributed by atoms with E-state index < -0.39 is 10.0 Å². The Morgan fingerprint density at radius 3 is 2.50 bits per heavy atom. The molecule has 0 radical (unpaired) electrons. The summed E-state index contributed by atoms with van der Waals surface area (Å²) in [5, 5.41) is 3.23. The molecule has 0 bridgehead atoms. The van der Waals surface area contributed by atoms with Gasteiger partial charge in [0.05, 0.1) is 4.90 Å². The van der Waals surface area contributed by atoms with Crippen LogP contribution in [0.3, 0.4) is 0 Å². The molecule has 1 saturated heterocycles. The van der Waals surface area contributed by atoms with Crippen molar-refractivity contribution in [2.75, 3.05) is 19.6 Å². The third-order valence-corrected chi connectivity index (χ3v) is 5.19. The molecular weight excluding hydrogens is 340 g/mol. The van der Waals surface area contributed by atoms with E-state index in [0.717, 1.165) is 4.47 Å². The van der Waals surface area contributed by atoms with Gasteiger partial charge in [-0.15, -0.1) is 12.4 Å². The summed E-state index contributed by atoms with van der Waals surface area (Å²) in [6, 6.07) is 6.96. The van der Waals surface area contributed by atoms with Gasteiger partial charge in [0.25, 0.3) is 0 Å². The van der Waals surface area contributed by atoms with Gasteiger partial charge in [0.1, 0.15) is 0 Å². The fraction of sp³-hybridized carbons (Fsp3) is 0.455. The van der Waals surface area contributed by atoms with Crippen molar-refractivity contribution in [3.05, 3.63) is 28.7 Å². The second-order valence-electron chi connectivity index (χ2n) is 4.17. The summed E-state index contributed by atoms with van der Waals surface area (Å²) in [5.74, 6) is 0. The lowest BCUT2D eigenvalue weighted by Gasteiger charge is -2.30. The molecule has 1 aliphatic rings. The van der Waals surface area contributed by atoms with E-state index in [1.54, 1.807) is 24.3 Å². The van der Waals surface area contributed by atoms with Gasteiger partial charge in [-0.05, 0) is 31.2 Å². The summed E-state index contributed by atoms with van der Waals surface area (Å²) in [5.41, 5.74) is 0. The van der Waals surface area contributed by atoms with Crippen molar-refractivity contribution in [2.24, 2.45) is 0 Å². The summed E-state index contributed by atoms with van der Waals surface area (Å²) < 4.78 is 27.1. The van der Waals surface area contributed by atoms with Crippen LogP contribution in [-0.4, -0.2) is 38.4 Å². The van der Waals surface area contributed by atoms with Gasteiger partial charge in [-0.2, -0.15) is 4.31 Å². The molecule has 0 unspecified atom stereocenters. The Hall–Kier alpha value is -0.140. The maximum absolute atomic E-state index is 12.3. The predicted molar refractivity (Wildman–Crippen MR) is 77.6 cm³/mol. The number of rotatable bonds is 2. The van der Waals surface area contributed by atoms with Gasteiger partial charge in [0.15, 0.2) is 0 Å². The molecule has 4 nitrogen and oxygen atoms in total. The number of benzene rings is 1. The highest BCUT2D eigenvalue weighted by atomic mass is 79.9. The van der Waals surface area contributed by atoms with Gasteiger partial charge in [-0.3, -0.25) is 0 Å². The molecule has 102 valence electrons. The number of piperazine rings is 1. The highest BCUT2D eigenvalue weighted by molar-refractivity contribution is 9.10. The van der Waals surface area contributed by atoms with E-state index in [1.165, 1.54) is 4.31 Å². The van der Waals surface area contributed by atoms with Crippen molar-refractivity contribution in [1.29, 1.82) is 0 Å². The zero-order chi connectivity index (χ0) is 12.5. The molecule has 1 heterocycles. The molecule has 0 aromatic heterocycles. The number of hydrogen-bond acceptors (Lipinski definition) is 3. The summed E-state index contributed by atoms with van der Waals surface area (Å²) >= 11 is 3.30. The van der Waals surface area contributed by atoms with Crippen molar-refractivity contribution in [1.82, 2.24) is 9.62 Å². The molecule has 0 aliphatic carbocycles. The predicted octanol–water partition coefficient (Wildman–Crippen LogP) is 1.85. The van der Waals surface area contributed by atoms with Crippen LogP contribution in [0.1, 0.15) is 6.92 Å². The SMILES string of the molecule is C[C@@H]1CN(S(=O)(=O)c2ccc(Br)cc2)CCN1.Cl. The minimum atomic E-state index is -3.34. The maximum Gasteiger partial charge on any atom is 0.243 e. The molecule has 0 saturated carbocycles. The van der Waals surface area contributed by atoms with Gasteiger partial charge in [-0.25, -0.2) is 8.42 Å². The second kappa shape index (κ2) is 6.34. The Kier molecular flexibility index (Phi) is 5.61. The van der Waals surface area contributed by atoms with Crippen molar-refractivity contribution >= 4 is 38.4 Å². The summed E-state index contributed by atoms with van der Waals surface area (Å²) in [6.45, 7) is 3.75. The second-order valence-corrected chi connectivity index (χ2v) is 7.03. The first-order chi connectivity index (χ1) is 8.00. The lowest BCUT2D eigenvalue weighted by atomic mass is 10.3. The first-order valence-electron chi connectivity index (χ1n) is 5.49. The van der Waals surface area contributed by atoms with Crippen molar-refractivity contribution in [2.45, 2.75) is 17.9 Å². The van der Waals surface area contributed by atoms with Gasteiger partial charge >= 0.3 is 0 Å². The Morgan fingerprint density at radius 1 is 1.33 bits per heavy atom. The molecule has 2 rings (SSSR count). The number of sulfonamides is 1. The standard InChI is InChI=1S/C11H15BrN2O2S.ClH/c1-9-8-14(7-6-13-9)17(15,16)11-4-2-10(12)3-5-11;/h2-5,9,13H,6-8H2,1H3;1H/t9-;/m1./s1. The van der Waals surface area contributed by atoms with Gasteiger partial charge in [0, 0.05) is 30.1 Å². The first-order valence-corrected chi connectivity index (χ1v) is 7.72. The minimum Gasteiger partial charge on any atom is -0.312 e. The average molecular weight is 356 g/mol. The van der Waals surface area contributed by atoms with E-state index >= 15 is 0 Å². The lowest BCUT2D eigenvalue weighted by molar-refractivity contribution is 0.310. The maximum atomic E-state index is 12.3. The van der Waals surface area contributed by atoms with E-state index in [1.807, 2.05) is 6.92 Å². The zero-order valence-electron chi connectivity index (χ0n) is 9.97. The molecule has 1 aromatic carbocycles. The lowest BCUT2D eigenvalue weighted by Crippen LogP contribution is -2.51. The highest BCUT2D eigenvalue weighted by Crippen LogP contribution is 2.19. The Morgan fingerprint density at radius 2 is 1.94 bits per heavy atom. The fourth-order valence-corrected chi connectivity index (χ4v) is 3.66. The number of nitrogens with one attached hydrogen (secondary N) is 1. The Labute approximate surface area is 122 Å². The van der Waals surface area contributed by atoms with Crippen LogP contribution in [0, 0.1) is 0 Å². The molecule has 1 atom stereocenters. The van der Waals surface area contributed by atoms with E-state index in [4.69, 9.17) is 0 Å². The van der Waals surface area contributed by atoms with Crippen LogP contribution in [-0.2, 0) is 10.0 Å². The number of halogens is 2. The molecule has 1 aliphatic heterocycles. The Balaban J connectivity index is 0.00000162. The summed E-state index contributed by atoms with van der Waals surface area (Å²) in [7, 11) is -3.34. The van der Waals surface area contributed by atoms with E-state index in [9.17, 15) is 8.42 Å². The third kappa shape index (κ3) is 3.45. The van der Waals surface area contributed by atoms with Crippen LogP contribution in [0.15, 0.2) is 33.6 Å². The topological polar surface area (TPSA) is 49.4 Å². The molecular formula is C11H16BrClN2O2S. The quantitative estimate of drug-likeness (QED) is 0.881. The van der Waals surface area contributed by atoms with Crippen LogP contribution in [0.5, 0.6) is 0 Å². The van der Waals surface area contributed by atoms with Crippen molar-refractivity contribution in [3.63, 3.8) is 0 Å². The van der Waals surface area contributed by atoms with Crippen LogP contribution >= 0.6 is 28.3 Å². The minimum absolute atomic E-state index is 0. The van der Waals surface area contributed by atoms with Crippen molar-refractivity contribution in [3.8, 4) is 0 Å². The smallest absolute Gasteiger partial charge is 0.243 e. The molecule has 0 spiro atoms. The van der Waals surface area contributed by atoms with Crippen LogP contribution in [0.4, 0.5) is 0 Å². The molecule has 1 aromatic rings. The largest absolute Gasteiger partial charge is 0.312 e. The zero-order valence-corrected chi connectivity index (χ0v) is 13.2. The number of nitrogens with zero attached hydrogens (tertiary/aromatic N) is 1. The van der Waals surface area contributed by atoms with Gasteiger partial charge in [-0.1, -0.05) is 15.9 Å². The van der Waals surface area contributed by atoms with Gasteiger partial charge < -0.3 is 5.32 Å². The van der Waals surface area contributed by atoms with Crippen LogP contribution in [0.25, 0.3) is 0 Å². The Bertz CT molecular complexity index is 492. The van der Waals surface area contributed by atoms with Crippen LogP contribution < -0.4 is 5.32 Å². The van der Waals surface area contributed by atoms with Gasteiger partial charge in [0.2, 0.25) is 10.0 Å². The van der Waals surface area contributed by atoms with E-state index in [-0.39, 0.29) is 18.4 Å². The summed E-state index contributed by atoms with van der Waals surface area (Å²) in [6.07, 6.45) is 0. The molecule has 1 fully saturated rings. The molecule has 1 N–H and O–H groups in total. The van der Waals surface area contributed by atoms with E-state index in [0.29, 0.717) is 24.5 Å².